The Morgan fingerprint density at radius 1 is 1.50 bits per heavy atom. The van der Waals surface area contributed by atoms with E-state index in [4.69, 9.17) is 0 Å². The number of allylic oxidation sites excluding steroid dienone is 1. The van der Waals surface area contributed by atoms with Gasteiger partial charge in [0.2, 0.25) is 0 Å². The highest BCUT2D eigenvalue weighted by Gasteiger charge is 2.18. The van der Waals surface area contributed by atoms with Gasteiger partial charge in [0, 0.05) is 6.20 Å². The van der Waals surface area contributed by atoms with Crippen LogP contribution in [0, 0.1) is 6.92 Å². The number of aliphatic hydroxyl groups is 1. The van der Waals surface area contributed by atoms with Crippen molar-refractivity contribution in [2.24, 2.45) is 0 Å². The van der Waals surface area contributed by atoms with E-state index < -0.39 is 6.23 Å². The average Bonchev–Trinajstić information content (AvgIpc) is 2.30. The second kappa shape index (κ2) is 4.66. The molecule has 1 aromatic heterocycles. The summed E-state index contributed by atoms with van der Waals surface area (Å²) in [5.74, 6) is 0. The van der Waals surface area contributed by atoms with Gasteiger partial charge in [-0.05, 0) is 43.4 Å². The van der Waals surface area contributed by atoms with Crippen molar-refractivity contribution in [1.29, 1.82) is 0 Å². The summed E-state index contributed by atoms with van der Waals surface area (Å²) in [4.78, 5) is 4.40. The predicted molar refractivity (Wildman–Crippen MR) is 64.6 cm³/mol. The molecule has 1 unspecified atom stereocenters. The number of rotatable bonds is 2. The van der Waals surface area contributed by atoms with Crippen LogP contribution in [0.1, 0.15) is 37.4 Å². The van der Waals surface area contributed by atoms with E-state index >= 15 is 0 Å². The van der Waals surface area contributed by atoms with E-state index in [0.717, 1.165) is 36.2 Å². The lowest BCUT2D eigenvalue weighted by atomic mass is 9.98. The van der Waals surface area contributed by atoms with Crippen molar-refractivity contribution >= 4 is 5.70 Å². The van der Waals surface area contributed by atoms with Crippen molar-refractivity contribution in [2.75, 3.05) is 0 Å². The van der Waals surface area contributed by atoms with Crippen LogP contribution in [0.5, 0.6) is 0 Å². The SMILES string of the molecule is CCC1=C(c2ccc(C)cn2)NC(O)CC1. The van der Waals surface area contributed by atoms with Gasteiger partial charge >= 0.3 is 0 Å². The number of nitrogens with zero attached hydrogens (tertiary/aromatic N) is 1. The van der Waals surface area contributed by atoms with Crippen molar-refractivity contribution in [2.45, 2.75) is 39.3 Å². The van der Waals surface area contributed by atoms with Gasteiger partial charge in [-0.15, -0.1) is 0 Å². The van der Waals surface area contributed by atoms with Crippen LogP contribution in [-0.2, 0) is 0 Å². The van der Waals surface area contributed by atoms with Gasteiger partial charge in [-0.25, -0.2) is 0 Å². The molecular formula is C13H18N2O. The van der Waals surface area contributed by atoms with E-state index in [1.54, 1.807) is 0 Å². The molecule has 0 saturated carbocycles. The first-order chi connectivity index (χ1) is 7.70. The second-order valence-corrected chi connectivity index (χ2v) is 4.25. The van der Waals surface area contributed by atoms with Gasteiger partial charge in [-0.3, -0.25) is 4.98 Å². The maximum Gasteiger partial charge on any atom is 0.124 e. The normalized spacial score (nSPS) is 20.8. The van der Waals surface area contributed by atoms with Gasteiger partial charge in [0.15, 0.2) is 0 Å². The van der Waals surface area contributed by atoms with E-state index in [1.807, 2.05) is 25.3 Å². The number of hydrogen-bond acceptors (Lipinski definition) is 3. The molecule has 2 heterocycles. The molecule has 0 amide bonds. The van der Waals surface area contributed by atoms with Crippen LogP contribution in [0.25, 0.3) is 5.70 Å². The molecule has 1 aromatic rings. The Morgan fingerprint density at radius 2 is 2.31 bits per heavy atom. The van der Waals surface area contributed by atoms with Gasteiger partial charge in [0.1, 0.15) is 6.23 Å². The Balaban J connectivity index is 2.35. The monoisotopic (exact) mass is 218 g/mol. The van der Waals surface area contributed by atoms with Crippen LogP contribution in [0.3, 0.4) is 0 Å². The summed E-state index contributed by atoms with van der Waals surface area (Å²) in [6.07, 6.45) is 4.17. The molecular weight excluding hydrogens is 200 g/mol. The van der Waals surface area contributed by atoms with Crippen LogP contribution in [0.15, 0.2) is 23.9 Å². The maximum atomic E-state index is 9.64. The summed E-state index contributed by atoms with van der Waals surface area (Å²) in [6.45, 7) is 4.16. The highest BCUT2D eigenvalue weighted by Crippen LogP contribution is 2.26. The minimum atomic E-state index is -0.437. The zero-order chi connectivity index (χ0) is 11.5. The second-order valence-electron chi connectivity index (χ2n) is 4.25. The molecule has 0 saturated heterocycles. The highest BCUT2D eigenvalue weighted by atomic mass is 16.3. The van der Waals surface area contributed by atoms with Crippen molar-refractivity contribution in [1.82, 2.24) is 10.3 Å². The number of aliphatic hydroxyl groups excluding tert-OH is 1. The smallest absolute Gasteiger partial charge is 0.124 e. The summed E-state index contributed by atoms with van der Waals surface area (Å²) < 4.78 is 0. The molecule has 0 aliphatic carbocycles. The molecule has 1 aliphatic heterocycles. The molecule has 1 aliphatic rings. The van der Waals surface area contributed by atoms with Crippen molar-refractivity contribution in [3.05, 3.63) is 35.2 Å². The Hall–Kier alpha value is -1.35. The highest BCUT2D eigenvalue weighted by molar-refractivity contribution is 5.65. The first-order valence-corrected chi connectivity index (χ1v) is 5.80. The Labute approximate surface area is 96.2 Å². The first kappa shape index (κ1) is 11.1. The van der Waals surface area contributed by atoms with Crippen LogP contribution < -0.4 is 5.32 Å². The molecule has 2 rings (SSSR count). The van der Waals surface area contributed by atoms with Crippen LogP contribution in [0.2, 0.25) is 0 Å². The molecule has 0 aromatic carbocycles. The van der Waals surface area contributed by atoms with Crippen LogP contribution >= 0.6 is 0 Å². The minimum absolute atomic E-state index is 0.437. The van der Waals surface area contributed by atoms with E-state index in [1.165, 1.54) is 5.57 Å². The van der Waals surface area contributed by atoms with Crippen molar-refractivity contribution < 1.29 is 5.11 Å². The molecule has 0 spiro atoms. The van der Waals surface area contributed by atoms with Gasteiger partial charge in [-0.1, -0.05) is 13.0 Å². The molecule has 0 radical (unpaired) electrons. The lowest BCUT2D eigenvalue weighted by Gasteiger charge is -2.25. The zero-order valence-corrected chi connectivity index (χ0v) is 9.83. The lowest BCUT2D eigenvalue weighted by molar-refractivity contribution is 0.141. The quantitative estimate of drug-likeness (QED) is 0.800. The van der Waals surface area contributed by atoms with Crippen LogP contribution in [-0.4, -0.2) is 16.3 Å². The standard InChI is InChI=1S/C13H18N2O/c1-3-10-5-7-12(16)15-13(10)11-6-4-9(2)8-14-11/h4,6,8,12,15-16H,3,5,7H2,1-2H3. The summed E-state index contributed by atoms with van der Waals surface area (Å²) in [5.41, 5.74) is 4.45. The number of pyridine rings is 1. The van der Waals surface area contributed by atoms with Gasteiger partial charge in [0.25, 0.3) is 0 Å². The third-order valence-corrected chi connectivity index (χ3v) is 2.98. The van der Waals surface area contributed by atoms with E-state index in [0.29, 0.717) is 0 Å². The predicted octanol–water partition coefficient (Wildman–Crippen LogP) is 2.21. The van der Waals surface area contributed by atoms with Crippen molar-refractivity contribution in [3.8, 4) is 0 Å². The lowest BCUT2D eigenvalue weighted by Crippen LogP contribution is -2.32. The zero-order valence-electron chi connectivity index (χ0n) is 9.83. The number of hydrogen-bond donors (Lipinski definition) is 2. The Morgan fingerprint density at radius 3 is 2.94 bits per heavy atom. The summed E-state index contributed by atoms with van der Waals surface area (Å²) in [7, 11) is 0. The van der Waals surface area contributed by atoms with Gasteiger partial charge in [-0.2, -0.15) is 0 Å². The number of aromatic nitrogens is 1. The molecule has 16 heavy (non-hydrogen) atoms. The molecule has 3 nitrogen and oxygen atoms in total. The average molecular weight is 218 g/mol. The van der Waals surface area contributed by atoms with Gasteiger partial charge < -0.3 is 10.4 Å². The number of aryl methyl sites for hydroxylation is 1. The maximum absolute atomic E-state index is 9.64. The fourth-order valence-electron chi connectivity index (χ4n) is 2.00. The third-order valence-electron chi connectivity index (χ3n) is 2.98. The fraction of sp³-hybridized carbons (Fsp3) is 0.462. The largest absolute Gasteiger partial charge is 0.374 e. The van der Waals surface area contributed by atoms with Gasteiger partial charge in [0.05, 0.1) is 11.4 Å². The van der Waals surface area contributed by atoms with E-state index in [9.17, 15) is 5.11 Å². The molecule has 3 heteroatoms. The molecule has 0 fully saturated rings. The third kappa shape index (κ3) is 2.25. The Kier molecular flexibility index (Phi) is 3.25. The van der Waals surface area contributed by atoms with Crippen LogP contribution in [0.4, 0.5) is 0 Å². The molecule has 86 valence electrons. The minimum Gasteiger partial charge on any atom is -0.374 e. The fourth-order valence-corrected chi connectivity index (χ4v) is 2.00. The molecule has 2 N–H and O–H groups in total. The molecule has 0 bridgehead atoms. The van der Waals surface area contributed by atoms with E-state index in [2.05, 4.69) is 17.2 Å². The first-order valence-electron chi connectivity index (χ1n) is 5.80. The topological polar surface area (TPSA) is 45.2 Å². The summed E-state index contributed by atoms with van der Waals surface area (Å²) in [6, 6.07) is 4.05. The number of nitrogens with one attached hydrogen (secondary N) is 1. The summed E-state index contributed by atoms with van der Waals surface area (Å²) in [5, 5.41) is 12.8. The van der Waals surface area contributed by atoms with Crippen molar-refractivity contribution in [3.63, 3.8) is 0 Å². The molecule has 1 atom stereocenters. The Bertz CT molecular complexity index is 395. The van der Waals surface area contributed by atoms with E-state index in [-0.39, 0.29) is 0 Å². The summed E-state index contributed by atoms with van der Waals surface area (Å²) >= 11 is 0.